The number of carbonyl (C=O) groups is 1. The van der Waals surface area contributed by atoms with E-state index in [2.05, 4.69) is 5.10 Å². The summed E-state index contributed by atoms with van der Waals surface area (Å²) < 4.78 is 15.5. The number of hydrogen-bond acceptors (Lipinski definition) is 4. The maximum atomic E-state index is 13.6. The Bertz CT molecular complexity index is 1250. The zero-order valence-corrected chi connectivity index (χ0v) is 18.2. The van der Waals surface area contributed by atoms with Crippen molar-refractivity contribution in [1.29, 1.82) is 0 Å². The van der Waals surface area contributed by atoms with Crippen molar-refractivity contribution >= 4 is 17.5 Å². The fourth-order valence-corrected chi connectivity index (χ4v) is 3.32. The summed E-state index contributed by atoms with van der Waals surface area (Å²) in [5.41, 5.74) is -0.476. The van der Waals surface area contributed by atoms with Gasteiger partial charge in [-0.2, -0.15) is 9.78 Å². The Labute approximate surface area is 183 Å². The van der Waals surface area contributed by atoms with Crippen LogP contribution in [-0.2, 0) is 6.54 Å². The number of carbonyl (C=O) groups excluding carboxylic acids is 1. The van der Waals surface area contributed by atoms with Crippen molar-refractivity contribution in [2.45, 2.75) is 27.3 Å². The van der Waals surface area contributed by atoms with Gasteiger partial charge in [-0.25, -0.2) is 9.18 Å². The summed E-state index contributed by atoms with van der Waals surface area (Å²) in [5, 5.41) is 4.50. The topological polar surface area (TPSA) is 77.2 Å². The standard InChI is InChI=1S/C22H22ClFN4O3/c1-4-26(5-2)20(29)19-21(30)27(13-15-7-6-8-16(24)11-15)22(31)28(25-19)17-10-9-14(3)18(23)12-17/h6-12H,4-5,13H2,1-3H3. The van der Waals surface area contributed by atoms with Crippen LogP contribution in [0.4, 0.5) is 4.39 Å². The van der Waals surface area contributed by atoms with Gasteiger partial charge in [-0.1, -0.05) is 29.8 Å². The van der Waals surface area contributed by atoms with Crippen LogP contribution in [0.3, 0.4) is 0 Å². The SMILES string of the molecule is CCN(CC)C(=O)c1nn(-c2ccc(C)c(Cl)c2)c(=O)n(Cc2cccc(F)c2)c1=O. The molecule has 3 rings (SSSR count). The number of aryl methyl sites for hydroxylation is 1. The highest BCUT2D eigenvalue weighted by Gasteiger charge is 2.23. The maximum Gasteiger partial charge on any atom is 0.352 e. The van der Waals surface area contributed by atoms with Crippen molar-refractivity contribution in [2.24, 2.45) is 0 Å². The maximum absolute atomic E-state index is 13.6. The third-order valence-electron chi connectivity index (χ3n) is 4.94. The van der Waals surface area contributed by atoms with Gasteiger partial charge in [-0.05, 0) is 56.2 Å². The van der Waals surface area contributed by atoms with Crippen LogP contribution in [0.5, 0.6) is 0 Å². The van der Waals surface area contributed by atoms with E-state index in [1.54, 1.807) is 32.0 Å². The predicted molar refractivity (Wildman–Crippen MR) is 117 cm³/mol. The highest BCUT2D eigenvalue weighted by molar-refractivity contribution is 6.31. The van der Waals surface area contributed by atoms with Gasteiger partial charge in [0.2, 0.25) is 5.69 Å². The van der Waals surface area contributed by atoms with Crippen molar-refractivity contribution in [3.8, 4) is 5.69 Å². The zero-order chi connectivity index (χ0) is 22.7. The first-order valence-electron chi connectivity index (χ1n) is 9.81. The van der Waals surface area contributed by atoms with Gasteiger partial charge in [0, 0.05) is 18.1 Å². The summed E-state index contributed by atoms with van der Waals surface area (Å²) in [7, 11) is 0. The molecule has 2 aromatic carbocycles. The van der Waals surface area contributed by atoms with Crippen LogP contribution in [0.15, 0.2) is 52.1 Å². The van der Waals surface area contributed by atoms with E-state index in [1.807, 2.05) is 6.92 Å². The molecule has 162 valence electrons. The van der Waals surface area contributed by atoms with Crippen LogP contribution in [0.2, 0.25) is 5.02 Å². The van der Waals surface area contributed by atoms with E-state index in [0.29, 0.717) is 29.4 Å². The summed E-state index contributed by atoms with van der Waals surface area (Å²) in [4.78, 5) is 40.6. The minimum atomic E-state index is -0.833. The van der Waals surface area contributed by atoms with E-state index in [4.69, 9.17) is 11.6 Å². The van der Waals surface area contributed by atoms with Crippen molar-refractivity contribution in [3.63, 3.8) is 0 Å². The second-order valence-electron chi connectivity index (χ2n) is 6.98. The molecule has 1 heterocycles. The van der Waals surface area contributed by atoms with E-state index in [0.717, 1.165) is 14.8 Å². The van der Waals surface area contributed by atoms with Gasteiger partial charge >= 0.3 is 5.69 Å². The van der Waals surface area contributed by atoms with Gasteiger partial charge in [0.1, 0.15) is 5.82 Å². The quantitative estimate of drug-likeness (QED) is 0.585. The largest absolute Gasteiger partial charge is 0.352 e. The highest BCUT2D eigenvalue weighted by atomic mass is 35.5. The van der Waals surface area contributed by atoms with Crippen LogP contribution in [0, 0.1) is 12.7 Å². The Morgan fingerprint density at radius 2 is 1.84 bits per heavy atom. The van der Waals surface area contributed by atoms with Crippen LogP contribution in [0.25, 0.3) is 5.69 Å². The molecule has 0 spiro atoms. The van der Waals surface area contributed by atoms with Crippen LogP contribution in [0.1, 0.15) is 35.5 Å². The molecule has 0 atom stereocenters. The number of hydrogen-bond donors (Lipinski definition) is 0. The molecular weight excluding hydrogens is 423 g/mol. The van der Waals surface area contributed by atoms with Crippen molar-refractivity contribution in [3.05, 3.63) is 91.0 Å². The molecule has 0 unspecified atom stereocenters. The van der Waals surface area contributed by atoms with Crippen LogP contribution >= 0.6 is 11.6 Å². The van der Waals surface area contributed by atoms with Crippen molar-refractivity contribution in [2.75, 3.05) is 13.1 Å². The molecule has 3 aromatic rings. The van der Waals surface area contributed by atoms with E-state index in [-0.39, 0.29) is 6.54 Å². The normalized spacial score (nSPS) is 10.9. The molecule has 31 heavy (non-hydrogen) atoms. The molecule has 0 saturated carbocycles. The van der Waals surface area contributed by atoms with Crippen molar-refractivity contribution < 1.29 is 9.18 Å². The minimum absolute atomic E-state index is 0.212. The summed E-state index contributed by atoms with van der Waals surface area (Å²) in [5.74, 6) is -1.08. The van der Waals surface area contributed by atoms with Gasteiger partial charge in [-0.15, -0.1) is 0 Å². The minimum Gasteiger partial charge on any atom is -0.338 e. The Balaban J connectivity index is 2.26. The van der Waals surface area contributed by atoms with E-state index in [9.17, 15) is 18.8 Å². The molecular formula is C22H22ClFN4O3. The van der Waals surface area contributed by atoms with Crippen LogP contribution in [-0.4, -0.2) is 38.2 Å². The molecule has 1 amide bonds. The number of rotatable bonds is 6. The molecule has 1 aromatic heterocycles. The zero-order valence-electron chi connectivity index (χ0n) is 17.4. The second kappa shape index (κ2) is 9.26. The molecule has 9 heteroatoms. The fourth-order valence-electron chi connectivity index (χ4n) is 3.15. The molecule has 0 aliphatic heterocycles. The molecule has 0 N–H and O–H groups in total. The lowest BCUT2D eigenvalue weighted by atomic mass is 10.2. The molecule has 0 saturated heterocycles. The Kier molecular flexibility index (Phi) is 6.70. The smallest absolute Gasteiger partial charge is 0.338 e. The molecule has 0 aliphatic rings. The number of nitrogens with zero attached hydrogens (tertiary/aromatic N) is 4. The molecule has 7 nitrogen and oxygen atoms in total. The number of amides is 1. The van der Waals surface area contributed by atoms with E-state index in [1.165, 1.54) is 29.2 Å². The van der Waals surface area contributed by atoms with Gasteiger partial charge in [-0.3, -0.25) is 14.2 Å². The predicted octanol–water partition coefficient (Wildman–Crippen LogP) is 3.03. The summed E-state index contributed by atoms with van der Waals surface area (Å²) >= 11 is 6.20. The lowest BCUT2D eigenvalue weighted by molar-refractivity contribution is 0.0761. The Morgan fingerprint density at radius 1 is 1.13 bits per heavy atom. The first-order chi connectivity index (χ1) is 14.8. The molecule has 0 fully saturated rings. The average Bonchev–Trinajstić information content (AvgIpc) is 2.74. The first kappa shape index (κ1) is 22.4. The van der Waals surface area contributed by atoms with Crippen LogP contribution < -0.4 is 11.2 Å². The second-order valence-corrected chi connectivity index (χ2v) is 7.38. The monoisotopic (exact) mass is 444 g/mol. The number of halogens is 2. The molecule has 0 radical (unpaired) electrons. The van der Waals surface area contributed by atoms with Gasteiger partial charge in [0.15, 0.2) is 0 Å². The van der Waals surface area contributed by atoms with Crippen molar-refractivity contribution in [1.82, 2.24) is 19.2 Å². The number of benzene rings is 2. The summed E-state index contributed by atoms with van der Waals surface area (Å²) in [6.45, 7) is 5.90. The molecule has 0 bridgehead atoms. The highest BCUT2D eigenvalue weighted by Crippen LogP contribution is 2.18. The number of aromatic nitrogens is 3. The average molecular weight is 445 g/mol. The third-order valence-corrected chi connectivity index (χ3v) is 5.35. The van der Waals surface area contributed by atoms with E-state index >= 15 is 0 Å². The summed E-state index contributed by atoms with van der Waals surface area (Å²) in [6.07, 6.45) is 0. The molecule has 0 aliphatic carbocycles. The van der Waals surface area contributed by atoms with Gasteiger partial charge < -0.3 is 4.90 Å². The Hall–Kier alpha value is -3.26. The van der Waals surface area contributed by atoms with E-state index < -0.39 is 28.7 Å². The first-order valence-corrected chi connectivity index (χ1v) is 10.2. The Morgan fingerprint density at radius 3 is 2.45 bits per heavy atom. The van der Waals surface area contributed by atoms with Gasteiger partial charge in [0.05, 0.1) is 12.2 Å². The van der Waals surface area contributed by atoms with Gasteiger partial charge in [0.25, 0.3) is 11.5 Å². The summed E-state index contributed by atoms with van der Waals surface area (Å²) in [6, 6.07) is 10.4. The fraction of sp³-hybridized carbons (Fsp3) is 0.273. The lowest BCUT2D eigenvalue weighted by Gasteiger charge is -2.19. The third kappa shape index (κ3) is 4.59. The lowest BCUT2D eigenvalue weighted by Crippen LogP contribution is -2.46.